The van der Waals surface area contributed by atoms with Crippen molar-refractivity contribution in [3.63, 3.8) is 0 Å². The summed E-state index contributed by atoms with van der Waals surface area (Å²) in [6, 6.07) is 4.08. The zero-order valence-electron chi connectivity index (χ0n) is 14.4. The van der Waals surface area contributed by atoms with Gasteiger partial charge in [0.2, 0.25) is 0 Å². The first-order valence-corrected chi connectivity index (χ1v) is 8.08. The molecule has 0 fully saturated rings. The van der Waals surface area contributed by atoms with E-state index in [1.165, 1.54) is 5.56 Å². The molecule has 0 bridgehead atoms. The molecule has 1 aromatic rings. The summed E-state index contributed by atoms with van der Waals surface area (Å²) in [5, 5.41) is 9.16. The number of carboxylic acids is 1. The summed E-state index contributed by atoms with van der Waals surface area (Å²) in [6.45, 7) is 9.86. The number of Topliss-reactive ketones (excluding diaryl/α,β-unsaturated/α-hetero) is 1. The zero-order valence-corrected chi connectivity index (χ0v) is 14.4. The number of hydrogen-bond acceptors (Lipinski definition) is 2. The Bertz CT molecular complexity index is 521. The molecule has 1 N–H and O–H groups in total. The smallest absolute Gasteiger partial charge is 0.306 e. The van der Waals surface area contributed by atoms with Crippen molar-refractivity contribution in [2.75, 3.05) is 0 Å². The summed E-state index contributed by atoms with van der Waals surface area (Å²) in [6.07, 6.45) is 2.67. The number of rotatable bonds is 8. The van der Waals surface area contributed by atoms with Crippen molar-refractivity contribution in [1.82, 2.24) is 0 Å². The van der Waals surface area contributed by atoms with E-state index in [4.69, 9.17) is 5.11 Å². The minimum Gasteiger partial charge on any atom is -0.481 e. The van der Waals surface area contributed by atoms with Gasteiger partial charge in [0.15, 0.2) is 5.78 Å². The standard InChI is InChI=1S/C19H28O3/c1-12(2)16(19(21)22)8-6-7-9-17(20)18-14(4)10-13(3)11-15(18)5/h10-12,16H,6-9H2,1-5H3,(H,21,22). The zero-order chi connectivity index (χ0) is 16.9. The van der Waals surface area contributed by atoms with E-state index in [-0.39, 0.29) is 17.6 Å². The number of hydrogen-bond donors (Lipinski definition) is 1. The number of carbonyl (C=O) groups excluding carboxylic acids is 1. The van der Waals surface area contributed by atoms with Crippen LogP contribution in [0.15, 0.2) is 12.1 Å². The van der Waals surface area contributed by atoms with Crippen LogP contribution in [-0.2, 0) is 4.79 Å². The molecule has 122 valence electrons. The van der Waals surface area contributed by atoms with Gasteiger partial charge >= 0.3 is 5.97 Å². The van der Waals surface area contributed by atoms with Crippen LogP contribution in [0.2, 0.25) is 0 Å². The second-order valence-electron chi connectivity index (χ2n) is 6.63. The van der Waals surface area contributed by atoms with Crippen LogP contribution in [-0.4, -0.2) is 16.9 Å². The molecular formula is C19H28O3. The minimum atomic E-state index is -0.730. The van der Waals surface area contributed by atoms with Crippen molar-refractivity contribution in [1.29, 1.82) is 0 Å². The third kappa shape index (κ3) is 4.97. The molecule has 1 aromatic carbocycles. The van der Waals surface area contributed by atoms with Crippen molar-refractivity contribution in [3.8, 4) is 0 Å². The molecule has 1 unspecified atom stereocenters. The molecule has 0 aromatic heterocycles. The fourth-order valence-electron chi connectivity index (χ4n) is 3.14. The van der Waals surface area contributed by atoms with Crippen molar-refractivity contribution >= 4 is 11.8 Å². The highest BCUT2D eigenvalue weighted by Crippen LogP contribution is 2.22. The van der Waals surface area contributed by atoms with E-state index in [9.17, 15) is 9.59 Å². The Morgan fingerprint density at radius 3 is 2.05 bits per heavy atom. The molecule has 0 heterocycles. The number of carboxylic acid groups (broad SMARTS) is 1. The maximum Gasteiger partial charge on any atom is 0.306 e. The van der Waals surface area contributed by atoms with Gasteiger partial charge in [0.05, 0.1) is 5.92 Å². The highest BCUT2D eigenvalue weighted by molar-refractivity contribution is 5.98. The quantitative estimate of drug-likeness (QED) is 0.559. The SMILES string of the molecule is Cc1cc(C)c(C(=O)CCCCC(C(=O)O)C(C)C)c(C)c1. The summed E-state index contributed by atoms with van der Waals surface area (Å²) in [5.74, 6) is -0.731. The lowest BCUT2D eigenvalue weighted by atomic mass is 9.89. The average Bonchev–Trinajstić information content (AvgIpc) is 2.36. The largest absolute Gasteiger partial charge is 0.481 e. The normalized spacial score (nSPS) is 12.5. The number of carbonyl (C=O) groups is 2. The molecule has 0 saturated heterocycles. The molecule has 0 radical (unpaired) electrons. The second-order valence-corrected chi connectivity index (χ2v) is 6.63. The van der Waals surface area contributed by atoms with Crippen LogP contribution >= 0.6 is 0 Å². The van der Waals surface area contributed by atoms with E-state index >= 15 is 0 Å². The first-order chi connectivity index (χ1) is 10.2. The monoisotopic (exact) mass is 304 g/mol. The minimum absolute atomic E-state index is 0.134. The summed E-state index contributed by atoms with van der Waals surface area (Å²) >= 11 is 0. The Morgan fingerprint density at radius 1 is 1.05 bits per heavy atom. The Hall–Kier alpha value is -1.64. The van der Waals surface area contributed by atoms with E-state index in [1.54, 1.807) is 0 Å². The molecule has 3 heteroatoms. The fourth-order valence-corrected chi connectivity index (χ4v) is 3.14. The Morgan fingerprint density at radius 2 is 1.59 bits per heavy atom. The topological polar surface area (TPSA) is 54.4 Å². The van der Waals surface area contributed by atoms with Crippen molar-refractivity contribution in [2.24, 2.45) is 11.8 Å². The fraction of sp³-hybridized carbons (Fsp3) is 0.579. The average molecular weight is 304 g/mol. The van der Waals surface area contributed by atoms with Gasteiger partial charge in [0, 0.05) is 12.0 Å². The van der Waals surface area contributed by atoms with Gasteiger partial charge in [-0.1, -0.05) is 38.0 Å². The summed E-state index contributed by atoms with van der Waals surface area (Å²) < 4.78 is 0. The van der Waals surface area contributed by atoms with Gasteiger partial charge in [-0.2, -0.15) is 0 Å². The van der Waals surface area contributed by atoms with Crippen LogP contribution in [0.1, 0.15) is 66.6 Å². The summed E-state index contributed by atoms with van der Waals surface area (Å²) in [7, 11) is 0. The first-order valence-electron chi connectivity index (χ1n) is 8.08. The van der Waals surface area contributed by atoms with Crippen LogP contribution in [0.4, 0.5) is 0 Å². The number of benzene rings is 1. The van der Waals surface area contributed by atoms with Crippen molar-refractivity contribution in [3.05, 3.63) is 34.4 Å². The second kappa shape index (κ2) is 8.11. The van der Waals surface area contributed by atoms with Crippen LogP contribution in [0.25, 0.3) is 0 Å². The lowest BCUT2D eigenvalue weighted by molar-refractivity contribution is -0.143. The van der Waals surface area contributed by atoms with Gasteiger partial charge in [-0.15, -0.1) is 0 Å². The lowest BCUT2D eigenvalue weighted by Gasteiger charge is -2.15. The summed E-state index contributed by atoms with van der Waals surface area (Å²) in [5.41, 5.74) is 4.08. The highest BCUT2D eigenvalue weighted by Gasteiger charge is 2.21. The van der Waals surface area contributed by atoms with Crippen LogP contribution in [0.3, 0.4) is 0 Å². The maximum atomic E-state index is 12.4. The van der Waals surface area contributed by atoms with Crippen molar-refractivity contribution in [2.45, 2.75) is 60.3 Å². The molecule has 1 rings (SSSR count). The molecule has 3 nitrogen and oxygen atoms in total. The Labute approximate surface area is 133 Å². The van der Waals surface area contributed by atoms with E-state index < -0.39 is 5.97 Å². The number of unbranched alkanes of at least 4 members (excludes halogenated alkanes) is 1. The predicted molar refractivity (Wildman–Crippen MR) is 89.4 cm³/mol. The van der Waals surface area contributed by atoms with Gasteiger partial charge < -0.3 is 5.11 Å². The Kier molecular flexibility index (Phi) is 6.79. The van der Waals surface area contributed by atoms with Gasteiger partial charge in [0.1, 0.15) is 0 Å². The maximum absolute atomic E-state index is 12.4. The third-order valence-corrected chi connectivity index (χ3v) is 4.25. The van der Waals surface area contributed by atoms with Gasteiger partial charge in [0.25, 0.3) is 0 Å². The molecule has 0 saturated carbocycles. The highest BCUT2D eigenvalue weighted by atomic mass is 16.4. The van der Waals surface area contributed by atoms with Gasteiger partial charge in [-0.3, -0.25) is 9.59 Å². The molecule has 0 spiro atoms. The van der Waals surface area contributed by atoms with Gasteiger partial charge in [-0.05, 0) is 50.7 Å². The number of aliphatic carboxylic acids is 1. The molecule has 0 aliphatic heterocycles. The first kappa shape index (κ1) is 18.4. The number of ketones is 1. The molecule has 0 aliphatic rings. The van der Waals surface area contributed by atoms with E-state index in [0.29, 0.717) is 12.8 Å². The third-order valence-electron chi connectivity index (χ3n) is 4.25. The van der Waals surface area contributed by atoms with Crippen LogP contribution < -0.4 is 0 Å². The lowest BCUT2D eigenvalue weighted by Crippen LogP contribution is -2.19. The Balaban J connectivity index is 2.56. The van der Waals surface area contributed by atoms with E-state index in [2.05, 4.69) is 0 Å². The molecular weight excluding hydrogens is 276 g/mol. The van der Waals surface area contributed by atoms with E-state index in [1.807, 2.05) is 46.8 Å². The van der Waals surface area contributed by atoms with Gasteiger partial charge in [-0.25, -0.2) is 0 Å². The van der Waals surface area contributed by atoms with Crippen molar-refractivity contribution < 1.29 is 14.7 Å². The summed E-state index contributed by atoms with van der Waals surface area (Å²) in [4.78, 5) is 23.5. The molecule has 1 atom stereocenters. The van der Waals surface area contributed by atoms with E-state index in [0.717, 1.165) is 29.5 Å². The number of aryl methyl sites for hydroxylation is 3. The molecule has 22 heavy (non-hydrogen) atoms. The van der Waals surface area contributed by atoms with Crippen LogP contribution in [0.5, 0.6) is 0 Å². The predicted octanol–water partition coefficient (Wildman–Crippen LogP) is 4.71. The molecule has 0 amide bonds. The molecule has 0 aliphatic carbocycles. The van der Waals surface area contributed by atoms with Crippen LogP contribution in [0, 0.1) is 32.6 Å².